The third-order valence-corrected chi connectivity index (χ3v) is 3.10. The third kappa shape index (κ3) is 2.26. The fraction of sp³-hybridized carbons (Fsp3) is 0.462. The van der Waals surface area contributed by atoms with Crippen molar-refractivity contribution in [2.45, 2.75) is 26.8 Å². The number of aryl methyl sites for hydroxylation is 1. The van der Waals surface area contributed by atoms with Gasteiger partial charge in [0.05, 0.1) is 6.04 Å². The second-order valence-corrected chi connectivity index (χ2v) is 4.27. The Hall–Kier alpha value is -1.15. The molecule has 1 aromatic rings. The van der Waals surface area contributed by atoms with Gasteiger partial charge in [0.1, 0.15) is 6.29 Å². The topological polar surface area (TPSA) is 20.3 Å². The zero-order chi connectivity index (χ0) is 11.6. The van der Waals surface area contributed by atoms with Gasteiger partial charge < -0.3 is 4.79 Å². The van der Waals surface area contributed by atoms with E-state index in [9.17, 15) is 4.79 Å². The van der Waals surface area contributed by atoms with Crippen LogP contribution < -0.4 is 0 Å². The minimum absolute atomic E-state index is 0.135. The van der Waals surface area contributed by atoms with Crippen molar-refractivity contribution in [3.05, 3.63) is 34.4 Å². The van der Waals surface area contributed by atoms with Gasteiger partial charge in [-0.25, -0.2) is 0 Å². The molecule has 0 spiro atoms. The van der Waals surface area contributed by atoms with Crippen LogP contribution in [0.25, 0.3) is 0 Å². The lowest BCUT2D eigenvalue weighted by Gasteiger charge is -2.22. The first-order valence-corrected chi connectivity index (χ1v) is 5.17. The van der Waals surface area contributed by atoms with E-state index in [0.29, 0.717) is 0 Å². The van der Waals surface area contributed by atoms with Crippen LogP contribution in [0.3, 0.4) is 0 Å². The predicted molar refractivity (Wildman–Crippen MR) is 63.1 cm³/mol. The Morgan fingerprint density at radius 1 is 1.13 bits per heavy atom. The average molecular weight is 205 g/mol. The van der Waals surface area contributed by atoms with E-state index in [0.717, 1.165) is 11.8 Å². The van der Waals surface area contributed by atoms with Crippen LogP contribution in [0.2, 0.25) is 0 Å². The molecule has 1 unspecified atom stereocenters. The van der Waals surface area contributed by atoms with Crippen molar-refractivity contribution in [1.82, 2.24) is 4.90 Å². The Labute approximate surface area is 91.9 Å². The molecule has 0 aliphatic rings. The van der Waals surface area contributed by atoms with Crippen LogP contribution in [0.15, 0.2) is 12.1 Å². The molecule has 15 heavy (non-hydrogen) atoms. The van der Waals surface area contributed by atoms with E-state index in [1.54, 1.807) is 0 Å². The first kappa shape index (κ1) is 11.9. The lowest BCUT2D eigenvalue weighted by Crippen LogP contribution is -2.22. The van der Waals surface area contributed by atoms with E-state index in [1.165, 1.54) is 16.7 Å². The van der Waals surface area contributed by atoms with E-state index < -0.39 is 0 Å². The Morgan fingerprint density at radius 2 is 1.73 bits per heavy atom. The molecule has 0 heterocycles. The van der Waals surface area contributed by atoms with Crippen LogP contribution in [-0.4, -0.2) is 25.3 Å². The van der Waals surface area contributed by atoms with Gasteiger partial charge in [-0.05, 0) is 57.1 Å². The fourth-order valence-corrected chi connectivity index (χ4v) is 1.77. The smallest absolute Gasteiger partial charge is 0.141 e. The fourth-order valence-electron chi connectivity index (χ4n) is 1.77. The van der Waals surface area contributed by atoms with Gasteiger partial charge in [0.2, 0.25) is 0 Å². The summed E-state index contributed by atoms with van der Waals surface area (Å²) in [5.41, 5.74) is 4.89. The van der Waals surface area contributed by atoms with Crippen molar-refractivity contribution in [3.8, 4) is 0 Å². The van der Waals surface area contributed by atoms with E-state index in [4.69, 9.17) is 0 Å². The number of nitrogens with zero attached hydrogens (tertiary/aromatic N) is 1. The first-order chi connectivity index (χ1) is 6.99. The molecule has 0 saturated carbocycles. The molecular formula is C13H19NO. The van der Waals surface area contributed by atoms with Crippen LogP contribution >= 0.6 is 0 Å². The zero-order valence-corrected chi connectivity index (χ0v) is 10.2. The standard InChI is InChI=1S/C13H19NO/c1-9-6-7-12(11(3)10(9)2)13(8-15)14(4)5/h6-8,13H,1-5H3. The number of aldehydes is 1. The molecule has 1 atom stereocenters. The highest BCUT2D eigenvalue weighted by Crippen LogP contribution is 2.24. The van der Waals surface area contributed by atoms with Gasteiger partial charge in [-0.15, -0.1) is 0 Å². The molecule has 1 aromatic carbocycles. The molecule has 2 nitrogen and oxygen atoms in total. The molecule has 0 amide bonds. The SMILES string of the molecule is Cc1ccc(C(C=O)N(C)C)c(C)c1C. The normalized spacial score (nSPS) is 12.9. The number of hydrogen-bond donors (Lipinski definition) is 0. The molecule has 0 aliphatic carbocycles. The Balaban J connectivity index is 3.25. The number of rotatable bonds is 3. The van der Waals surface area contributed by atoms with Gasteiger partial charge in [0.25, 0.3) is 0 Å². The Kier molecular flexibility index (Phi) is 3.64. The highest BCUT2D eigenvalue weighted by molar-refractivity contribution is 5.63. The quantitative estimate of drug-likeness (QED) is 0.706. The summed E-state index contributed by atoms with van der Waals surface area (Å²) in [7, 11) is 3.85. The summed E-state index contributed by atoms with van der Waals surface area (Å²) in [5, 5.41) is 0. The molecule has 0 aliphatic heterocycles. The second kappa shape index (κ2) is 4.58. The molecule has 0 N–H and O–H groups in total. The van der Waals surface area contributed by atoms with Crippen molar-refractivity contribution >= 4 is 6.29 Å². The summed E-state index contributed by atoms with van der Waals surface area (Å²) < 4.78 is 0. The summed E-state index contributed by atoms with van der Waals surface area (Å²) in [6.45, 7) is 6.28. The molecule has 0 bridgehead atoms. The number of benzene rings is 1. The number of carbonyl (C=O) groups excluding carboxylic acids is 1. The lowest BCUT2D eigenvalue weighted by molar-refractivity contribution is -0.111. The Morgan fingerprint density at radius 3 is 2.20 bits per heavy atom. The van der Waals surface area contributed by atoms with E-state index in [-0.39, 0.29) is 6.04 Å². The summed E-state index contributed by atoms with van der Waals surface area (Å²) in [6.07, 6.45) is 0.997. The summed E-state index contributed by atoms with van der Waals surface area (Å²) >= 11 is 0. The average Bonchev–Trinajstić information content (AvgIpc) is 2.18. The number of hydrogen-bond acceptors (Lipinski definition) is 2. The maximum Gasteiger partial charge on any atom is 0.141 e. The highest BCUT2D eigenvalue weighted by Gasteiger charge is 2.16. The molecule has 0 radical (unpaired) electrons. The van der Waals surface area contributed by atoms with Crippen molar-refractivity contribution in [2.75, 3.05) is 14.1 Å². The molecule has 2 heteroatoms. The molecule has 1 rings (SSSR count). The predicted octanol–water partition coefficient (Wildman–Crippen LogP) is 2.41. The third-order valence-electron chi connectivity index (χ3n) is 3.10. The van der Waals surface area contributed by atoms with Crippen LogP contribution in [-0.2, 0) is 4.79 Å². The van der Waals surface area contributed by atoms with Crippen molar-refractivity contribution in [3.63, 3.8) is 0 Å². The van der Waals surface area contributed by atoms with Gasteiger partial charge in [-0.1, -0.05) is 12.1 Å². The van der Waals surface area contributed by atoms with Gasteiger partial charge in [-0.3, -0.25) is 4.90 Å². The van der Waals surface area contributed by atoms with Crippen LogP contribution in [0.1, 0.15) is 28.3 Å². The minimum Gasteiger partial charge on any atom is -0.301 e. The van der Waals surface area contributed by atoms with E-state index in [2.05, 4.69) is 32.9 Å². The number of likely N-dealkylation sites (N-methyl/N-ethyl adjacent to an activating group) is 1. The minimum atomic E-state index is -0.135. The van der Waals surface area contributed by atoms with Crippen LogP contribution in [0, 0.1) is 20.8 Å². The molecular weight excluding hydrogens is 186 g/mol. The molecule has 0 fully saturated rings. The zero-order valence-electron chi connectivity index (χ0n) is 10.2. The summed E-state index contributed by atoms with van der Waals surface area (Å²) in [5.74, 6) is 0. The monoisotopic (exact) mass is 205 g/mol. The summed E-state index contributed by atoms with van der Waals surface area (Å²) in [6, 6.07) is 4.00. The van der Waals surface area contributed by atoms with Gasteiger partial charge in [0.15, 0.2) is 0 Å². The van der Waals surface area contributed by atoms with Crippen molar-refractivity contribution in [1.29, 1.82) is 0 Å². The van der Waals surface area contributed by atoms with Crippen LogP contribution in [0.4, 0.5) is 0 Å². The molecule has 0 saturated heterocycles. The maximum absolute atomic E-state index is 11.1. The maximum atomic E-state index is 11.1. The van der Waals surface area contributed by atoms with Crippen molar-refractivity contribution < 1.29 is 4.79 Å². The van der Waals surface area contributed by atoms with Crippen LogP contribution in [0.5, 0.6) is 0 Å². The molecule has 0 aromatic heterocycles. The summed E-state index contributed by atoms with van der Waals surface area (Å²) in [4.78, 5) is 13.0. The van der Waals surface area contributed by atoms with Gasteiger partial charge >= 0.3 is 0 Å². The Bertz CT molecular complexity index is 369. The number of carbonyl (C=O) groups is 1. The largest absolute Gasteiger partial charge is 0.301 e. The molecule has 82 valence electrons. The van der Waals surface area contributed by atoms with E-state index >= 15 is 0 Å². The first-order valence-electron chi connectivity index (χ1n) is 5.17. The lowest BCUT2D eigenvalue weighted by atomic mass is 9.94. The van der Waals surface area contributed by atoms with Gasteiger partial charge in [0, 0.05) is 0 Å². The van der Waals surface area contributed by atoms with Gasteiger partial charge in [-0.2, -0.15) is 0 Å². The van der Waals surface area contributed by atoms with E-state index in [1.807, 2.05) is 19.0 Å². The highest BCUT2D eigenvalue weighted by atomic mass is 16.1. The second-order valence-electron chi connectivity index (χ2n) is 4.27. The van der Waals surface area contributed by atoms with Crippen molar-refractivity contribution in [2.24, 2.45) is 0 Å².